The fourth-order valence-corrected chi connectivity index (χ4v) is 3.90. The molecule has 0 aliphatic heterocycles. The number of nitrogens with zero attached hydrogens (tertiary/aromatic N) is 1. The standard InChI is InChI=1S/C23H23N3O5S/c1-17-12-14-19(15-13-17)32(29,30)26(2)16-22(27)24-25-23(28)20-10-6-7-11-21(20)31-18-8-4-3-5-9-18/h3-15H,16H2,1-2H3,(H,24,27)(H,25,28). The van der Waals surface area contributed by atoms with Gasteiger partial charge in [-0.15, -0.1) is 0 Å². The number of carbonyl (C=O) groups is 2. The second kappa shape index (κ2) is 10.1. The molecule has 3 aromatic rings. The summed E-state index contributed by atoms with van der Waals surface area (Å²) in [6.45, 7) is 1.37. The second-order valence-corrected chi connectivity index (χ2v) is 9.03. The zero-order valence-electron chi connectivity index (χ0n) is 17.6. The fraction of sp³-hybridized carbons (Fsp3) is 0.130. The first kappa shape index (κ1) is 23.0. The molecule has 0 unspecified atom stereocenters. The van der Waals surface area contributed by atoms with Crippen molar-refractivity contribution >= 4 is 21.8 Å². The number of ether oxygens (including phenoxy) is 1. The van der Waals surface area contributed by atoms with Gasteiger partial charge >= 0.3 is 0 Å². The average Bonchev–Trinajstić information content (AvgIpc) is 2.79. The Balaban J connectivity index is 1.60. The minimum absolute atomic E-state index is 0.0782. The average molecular weight is 454 g/mol. The lowest BCUT2D eigenvalue weighted by molar-refractivity contribution is -0.121. The van der Waals surface area contributed by atoms with Crippen molar-refractivity contribution in [3.05, 3.63) is 90.0 Å². The van der Waals surface area contributed by atoms with Crippen LogP contribution >= 0.6 is 0 Å². The molecule has 0 fully saturated rings. The highest BCUT2D eigenvalue weighted by Crippen LogP contribution is 2.24. The number of aryl methyl sites for hydroxylation is 1. The van der Waals surface area contributed by atoms with Gasteiger partial charge < -0.3 is 4.74 Å². The van der Waals surface area contributed by atoms with Crippen molar-refractivity contribution in [1.29, 1.82) is 0 Å². The number of rotatable bonds is 7. The van der Waals surface area contributed by atoms with Gasteiger partial charge in [0.1, 0.15) is 11.5 Å². The Labute approximate surface area is 186 Å². The number of amides is 2. The third kappa shape index (κ3) is 5.71. The normalized spacial score (nSPS) is 11.1. The molecule has 0 saturated heterocycles. The molecular weight excluding hydrogens is 430 g/mol. The highest BCUT2D eigenvalue weighted by atomic mass is 32.2. The number of likely N-dealkylation sites (N-methyl/N-ethyl adjacent to an activating group) is 1. The van der Waals surface area contributed by atoms with Gasteiger partial charge in [-0.2, -0.15) is 4.31 Å². The molecule has 32 heavy (non-hydrogen) atoms. The number of nitrogens with one attached hydrogen (secondary N) is 2. The summed E-state index contributed by atoms with van der Waals surface area (Å²) < 4.78 is 31.8. The Hall–Kier alpha value is -3.69. The summed E-state index contributed by atoms with van der Waals surface area (Å²) in [4.78, 5) is 24.9. The van der Waals surface area contributed by atoms with Gasteiger partial charge in [-0.3, -0.25) is 20.4 Å². The molecular formula is C23H23N3O5S. The van der Waals surface area contributed by atoms with Crippen LogP contribution in [0.25, 0.3) is 0 Å². The van der Waals surface area contributed by atoms with Crippen molar-refractivity contribution in [3.63, 3.8) is 0 Å². The maximum atomic E-state index is 12.6. The molecule has 0 heterocycles. The molecule has 0 aliphatic rings. The third-order valence-corrected chi connectivity index (χ3v) is 6.33. The van der Waals surface area contributed by atoms with Crippen molar-refractivity contribution in [2.24, 2.45) is 0 Å². The van der Waals surface area contributed by atoms with E-state index in [2.05, 4.69) is 10.9 Å². The summed E-state index contributed by atoms with van der Waals surface area (Å²) in [7, 11) is -2.55. The van der Waals surface area contributed by atoms with E-state index in [4.69, 9.17) is 4.74 Å². The molecule has 9 heteroatoms. The van der Waals surface area contributed by atoms with E-state index < -0.39 is 28.4 Å². The van der Waals surface area contributed by atoms with Crippen LogP contribution in [0, 0.1) is 6.92 Å². The summed E-state index contributed by atoms with van der Waals surface area (Å²) >= 11 is 0. The summed E-state index contributed by atoms with van der Waals surface area (Å²) in [6.07, 6.45) is 0. The quantitative estimate of drug-likeness (QED) is 0.535. The van der Waals surface area contributed by atoms with E-state index in [0.29, 0.717) is 11.5 Å². The Bertz CT molecular complexity index is 1200. The molecule has 0 spiro atoms. The number of hydrazine groups is 1. The van der Waals surface area contributed by atoms with Crippen LogP contribution in [0.3, 0.4) is 0 Å². The molecule has 0 bridgehead atoms. The van der Waals surface area contributed by atoms with E-state index in [0.717, 1.165) is 9.87 Å². The molecule has 0 atom stereocenters. The minimum atomic E-state index is -3.84. The number of sulfonamides is 1. The Morgan fingerprint density at radius 2 is 1.50 bits per heavy atom. The number of benzene rings is 3. The second-order valence-electron chi connectivity index (χ2n) is 6.99. The van der Waals surface area contributed by atoms with Gasteiger partial charge in [0.25, 0.3) is 11.8 Å². The number of para-hydroxylation sites is 2. The monoisotopic (exact) mass is 453 g/mol. The van der Waals surface area contributed by atoms with Crippen LogP contribution in [0.1, 0.15) is 15.9 Å². The maximum absolute atomic E-state index is 12.6. The first-order valence-corrected chi connectivity index (χ1v) is 11.2. The number of hydrogen-bond donors (Lipinski definition) is 2. The molecule has 8 nitrogen and oxygen atoms in total. The lowest BCUT2D eigenvalue weighted by Crippen LogP contribution is -2.46. The van der Waals surface area contributed by atoms with E-state index in [1.165, 1.54) is 19.2 Å². The van der Waals surface area contributed by atoms with Gasteiger partial charge in [0, 0.05) is 7.05 Å². The lowest BCUT2D eigenvalue weighted by Gasteiger charge is -2.17. The molecule has 3 rings (SSSR count). The third-order valence-electron chi connectivity index (χ3n) is 4.51. The van der Waals surface area contributed by atoms with E-state index in [9.17, 15) is 18.0 Å². The van der Waals surface area contributed by atoms with Crippen molar-refractivity contribution in [2.75, 3.05) is 13.6 Å². The highest BCUT2D eigenvalue weighted by Gasteiger charge is 2.23. The topological polar surface area (TPSA) is 105 Å². The zero-order chi connectivity index (χ0) is 23.1. The van der Waals surface area contributed by atoms with Crippen molar-refractivity contribution in [2.45, 2.75) is 11.8 Å². The first-order valence-electron chi connectivity index (χ1n) is 9.71. The Morgan fingerprint density at radius 1 is 0.875 bits per heavy atom. The van der Waals surface area contributed by atoms with Gasteiger partial charge in [-0.05, 0) is 43.3 Å². The molecule has 166 valence electrons. The van der Waals surface area contributed by atoms with Crippen LogP contribution in [0.4, 0.5) is 0 Å². The van der Waals surface area contributed by atoms with Crippen molar-refractivity contribution in [1.82, 2.24) is 15.2 Å². The van der Waals surface area contributed by atoms with Gasteiger partial charge in [0.05, 0.1) is 17.0 Å². The lowest BCUT2D eigenvalue weighted by atomic mass is 10.2. The molecule has 0 saturated carbocycles. The predicted octanol–water partition coefficient (Wildman–Crippen LogP) is 2.87. The van der Waals surface area contributed by atoms with Crippen LogP contribution in [0.15, 0.2) is 83.8 Å². The van der Waals surface area contributed by atoms with Crippen LogP contribution in [0.2, 0.25) is 0 Å². The smallest absolute Gasteiger partial charge is 0.273 e. The molecule has 0 aromatic heterocycles. The van der Waals surface area contributed by atoms with Crippen LogP contribution in [-0.2, 0) is 14.8 Å². The molecule has 2 amide bonds. The van der Waals surface area contributed by atoms with E-state index in [1.54, 1.807) is 60.7 Å². The Kier molecular flexibility index (Phi) is 7.24. The number of carbonyl (C=O) groups excluding carboxylic acids is 2. The van der Waals surface area contributed by atoms with Crippen LogP contribution < -0.4 is 15.6 Å². The van der Waals surface area contributed by atoms with Gasteiger partial charge in [-0.1, -0.05) is 48.0 Å². The van der Waals surface area contributed by atoms with Gasteiger partial charge in [0.15, 0.2) is 0 Å². The summed E-state index contributed by atoms with van der Waals surface area (Å²) in [5.74, 6) is -0.434. The number of hydrogen-bond acceptors (Lipinski definition) is 5. The van der Waals surface area contributed by atoms with Crippen LogP contribution in [0.5, 0.6) is 11.5 Å². The zero-order valence-corrected chi connectivity index (χ0v) is 18.4. The van der Waals surface area contributed by atoms with E-state index >= 15 is 0 Å². The molecule has 0 radical (unpaired) electrons. The summed E-state index contributed by atoms with van der Waals surface area (Å²) in [5.41, 5.74) is 5.65. The van der Waals surface area contributed by atoms with Crippen molar-refractivity contribution in [3.8, 4) is 11.5 Å². The molecule has 0 aliphatic carbocycles. The summed E-state index contributed by atoms with van der Waals surface area (Å²) in [6, 6.07) is 21.8. The SMILES string of the molecule is Cc1ccc(S(=O)(=O)N(C)CC(=O)NNC(=O)c2ccccc2Oc2ccccc2)cc1. The fourth-order valence-electron chi connectivity index (χ4n) is 2.77. The summed E-state index contributed by atoms with van der Waals surface area (Å²) in [5, 5.41) is 0. The Morgan fingerprint density at radius 3 is 2.19 bits per heavy atom. The molecule has 3 aromatic carbocycles. The maximum Gasteiger partial charge on any atom is 0.273 e. The first-order chi connectivity index (χ1) is 15.3. The predicted molar refractivity (Wildman–Crippen MR) is 120 cm³/mol. The largest absolute Gasteiger partial charge is 0.457 e. The molecule has 2 N–H and O–H groups in total. The van der Waals surface area contributed by atoms with Crippen LogP contribution in [-0.4, -0.2) is 38.1 Å². The van der Waals surface area contributed by atoms with Gasteiger partial charge in [-0.25, -0.2) is 8.42 Å². The van der Waals surface area contributed by atoms with Crippen molar-refractivity contribution < 1.29 is 22.7 Å². The van der Waals surface area contributed by atoms with Gasteiger partial charge in [0.2, 0.25) is 10.0 Å². The van der Waals surface area contributed by atoms with E-state index in [-0.39, 0.29) is 10.5 Å². The highest BCUT2D eigenvalue weighted by molar-refractivity contribution is 7.89. The van der Waals surface area contributed by atoms with E-state index in [1.807, 2.05) is 13.0 Å². The minimum Gasteiger partial charge on any atom is -0.457 e.